The molecule has 17 heavy (non-hydrogen) atoms. The van der Waals surface area contributed by atoms with Crippen molar-refractivity contribution >= 4 is 31.9 Å². The molecule has 0 amide bonds. The molecule has 0 radical (unpaired) electrons. The van der Waals surface area contributed by atoms with Crippen LogP contribution in [-0.4, -0.2) is 11.1 Å². The van der Waals surface area contributed by atoms with Gasteiger partial charge in [-0.15, -0.1) is 0 Å². The predicted octanol–water partition coefficient (Wildman–Crippen LogP) is 4.81. The Labute approximate surface area is 119 Å². The maximum atomic E-state index is 5.98. The second-order valence-electron chi connectivity index (χ2n) is 4.95. The van der Waals surface area contributed by atoms with Gasteiger partial charge in [-0.1, -0.05) is 13.8 Å². The van der Waals surface area contributed by atoms with Gasteiger partial charge in [0.1, 0.15) is 6.10 Å². The van der Waals surface area contributed by atoms with Gasteiger partial charge in [0.25, 0.3) is 0 Å². The number of hydrogen-bond donors (Lipinski definition) is 0. The third-order valence-corrected chi connectivity index (χ3v) is 4.60. The topological polar surface area (TPSA) is 22.1 Å². The highest BCUT2D eigenvalue weighted by molar-refractivity contribution is 9.11. The highest BCUT2D eigenvalue weighted by atomic mass is 79.9. The minimum atomic E-state index is 0.311. The van der Waals surface area contributed by atoms with E-state index in [0.717, 1.165) is 33.6 Å². The van der Waals surface area contributed by atoms with Gasteiger partial charge in [0, 0.05) is 10.7 Å². The van der Waals surface area contributed by atoms with Crippen molar-refractivity contribution in [3.63, 3.8) is 0 Å². The summed E-state index contributed by atoms with van der Waals surface area (Å²) in [5, 5.41) is 0. The van der Waals surface area contributed by atoms with Crippen molar-refractivity contribution in [2.75, 3.05) is 0 Å². The number of ether oxygens (including phenoxy) is 1. The first-order valence-corrected chi connectivity index (χ1v) is 7.62. The summed E-state index contributed by atoms with van der Waals surface area (Å²) in [4.78, 5) is 4.30. The van der Waals surface area contributed by atoms with E-state index in [9.17, 15) is 0 Å². The Kier molecular flexibility index (Phi) is 4.47. The molecule has 3 atom stereocenters. The van der Waals surface area contributed by atoms with Crippen molar-refractivity contribution in [3.8, 4) is 5.88 Å². The lowest BCUT2D eigenvalue weighted by Crippen LogP contribution is -2.29. The molecule has 2 rings (SSSR count). The van der Waals surface area contributed by atoms with E-state index in [-0.39, 0.29) is 0 Å². The molecular weight excluding hydrogens is 346 g/mol. The molecular formula is C13H17Br2NO. The van der Waals surface area contributed by atoms with Crippen molar-refractivity contribution in [1.82, 2.24) is 4.98 Å². The quantitative estimate of drug-likeness (QED) is 0.753. The Bertz CT molecular complexity index is 397. The zero-order valence-corrected chi connectivity index (χ0v) is 13.3. The maximum Gasteiger partial charge on any atom is 0.228 e. The summed E-state index contributed by atoms with van der Waals surface area (Å²) in [5.41, 5.74) is 0. The normalized spacial score (nSPS) is 29.1. The lowest BCUT2D eigenvalue weighted by atomic mass is 9.80. The van der Waals surface area contributed by atoms with E-state index >= 15 is 0 Å². The van der Waals surface area contributed by atoms with Gasteiger partial charge < -0.3 is 4.74 Å². The molecule has 0 aromatic carbocycles. The lowest BCUT2D eigenvalue weighted by Gasteiger charge is -2.32. The molecule has 1 aromatic heterocycles. The fraction of sp³-hybridized carbons (Fsp3) is 0.615. The van der Waals surface area contributed by atoms with Gasteiger partial charge in [-0.25, -0.2) is 4.98 Å². The fourth-order valence-corrected chi connectivity index (χ4v) is 3.33. The van der Waals surface area contributed by atoms with Crippen molar-refractivity contribution in [3.05, 3.63) is 21.2 Å². The number of hydrogen-bond acceptors (Lipinski definition) is 2. The molecule has 0 N–H and O–H groups in total. The average molecular weight is 363 g/mol. The van der Waals surface area contributed by atoms with Crippen LogP contribution in [0.15, 0.2) is 21.2 Å². The molecule has 94 valence electrons. The summed E-state index contributed by atoms with van der Waals surface area (Å²) in [6, 6.07) is 1.97. The molecule has 3 unspecified atom stereocenters. The number of pyridine rings is 1. The summed E-state index contributed by atoms with van der Waals surface area (Å²) in [6.45, 7) is 4.64. The first-order valence-electron chi connectivity index (χ1n) is 6.04. The maximum absolute atomic E-state index is 5.98. The Hall–Kier alpha value is -0.0900. The highest BCUT2D eigenvalue weighted by Gasteiger charge is 2.26. The Morgan fingerprint density at radius 3 is 2.65 bits per heavy atom. The lowest BCUT2D eigenvalue weighted by molar-refractivity contribution is 0.0957. The van der Waals surface area contributed by atoms with E-state index in [0.29, 0.717) is 12.0 Å². The van der Waals surface area contributed by atoms with E-state index in [1.807, 2.05) is 6.07 Å². The summed E-state index contributed by atoms with van der Waals surface area (Å²) in [7, 11) is 0. The molecule has 0 saturated heterocycles. The minimum absolute atomic E-state index is 0.311. The number of aromatic nitrogens is 1. The molecule has 1 aliphatic rings. The van der Waals surface area contributed by atoms with Crippen LogP contribution < -0.4 is 4.74 Å². The van der Waals surface area contributed by atoms with Crippen LogP contribution in [0.3, 0.4) is 0 Å². The van der Waals surface area contributed by atoms with Gasteiger partial charge in [0.05, 0.1) is 4.47 Å². The molecule has 1 heterocycles. The number of nitrogens with zero attached hydrogens (tertiary/aromatic N) is 1. The SMILES string of the molecule is CC1CCC(Oc2ncc(Br)cc2Br)CC1C. The second-order valence-corrected chi connectivity index (χ2v) is 6.72. The Morgan fingerprint density at radius 2 is 2.00 bits per heavy atom. The van der Waals surface area contributed by atoms with E-state index in [1.54, 1.807) is 6.20 Å². The van der Waals surface area contributed by atoms with Gasteiger partial charge in [-0.2, -0.15) is 0 Å². The van der Waals surface area contributed by atoms with Crippen LogP contribution in [0.4, 0.5) is 0 Å². The fourth-order valence-electron chi connectivity index (χ4n) is 2.25. The summed E-state index contributed by atoms with van der Waals surface area (Å²) in [5.74, 6) is 2.26. The second kappa shape index (κ2) is 5.70. The zero-order chi connectivity index (χ0) is 12.4. The Morgan fingerprint density at radius 1 is 1.24 bits per heavy atom. The van der Waals surface area contributed by atoms with Crippen LogP contribution in [-0.2, 0) is 0 Å². The minimum Gasteiger partial charge on any atom is -0.474 e. The summed E-state index contributed by atoms with van der Waals surface area (Å²) in [6.07, 6.45) is 5.60. The summed E-state index contributed by atoms with van der Waals surface area (Å²) < 4.78 is 7.86. The van der Waals surface area contributed by atoms with Crippen molar-refractivity contribution in [2.24, 2.45) is 11.8 Å². The van der Waals surface area contributed by atoms with Crippen molar-refractivity contribution < 1.29 is 4.74 Å². The molecule has 2 nitrogen and oxygen atoms in total. The molecule has 1 aliphatic carbocycles. The molecule has 0 bridgehead atoms. The van der Waals surface area contributed by atoms with Gasteiger partial charge in [-0.3, -0.25) is 0 Å². The Balaban J connectivity index is 2.01. The standard InChI is InChI=1S/C13H17Br2NO/c1-8-3-4-11(5-9(8)2)17-13-12(15)6-10(14)7-16-13/h6-9,11H,3-5H2,1-2H3. The largest absolute Gasteiger partial charge is 0.474 e. The summed E-state index contributed by atoms with van der Waals surface area (Å²) >= 11 is 6.87. The average Bonchev–Trinajstić information content (AvgIpc) is 2.27. The first-order chi connectivity index (χ1) is 8.06. The smallest absolute Gasteiger partial charge is 0.228 e. The van der Waals surface area contributed by atoms with E-state index in [2.05, 4.69) is 50.7 Å². The third kappa shape index (κ3) is 3.44. The van der Waals surface area contributed by atoms with Crippen LogP contribution in [0.5, 0.6) is 5.88 Å². The van der Waals surface area contributed by atoms with Gasteiger partial charge in [0.15, 0.2) is 0 Å². The van der Waals surface area contributed by atoms with E-state index < -0.39 is 0 Å². The number of rotatable bonds is 2. The monoisotopic (exact) mass is 361 g/mol. The zero-order valence-electron chi connectivity index (χ0n) is 10.1. The molecule has 1 aromatic rings. The van der Waals surface area contributed by atoms with Crippen LogP contribution in [0, 0.1) is 11.8 Å². The van der Waals surface area contributed by atoms with Crippen LogP contribution >= 0.6 is 31.9 Å². The molecule has 0 aliphatic heterocycles. The predicted molar refractivity (Wildman–Crippen MR) is 76.2 cm³/mol. The van der Waals surface area contributed by atoms with Crippen LogP contribution in [0.25, 0.3) is 0 Å². The van der Waals surface area contributed by atoms with E-state index in [1.165, 1.54) is 6.42 Å². The number of halogens is 2. The van der Waals surface area contributed by atoms with Crippen LogP contribution in [0.2, 0.25) is 0 Å². The van der Waals surface area contributed by atoms with Gasteiger partial charge in [0.2, 0.25) is 5.88 Å². The van der Waals surface area contributed by atoms with Gasteiger partial charge in [-0.05, 0) is 69.0 Å². The molecule has 1 saturated carbocycles. The molecule has 4 heteroatoms. The first kappa shape index (κ1) is 13.3. The highest BCUT2D eigenvalue weighted by Crippen LogP contribution is 2.33. The van der Waals surface area contributed by atoms with Crippen molar-refractivity contribution in [2.45, 2.75) is 39.2 Å². The van der Waals surface area contributed by atoms with Crippen LogP contribution in [0.1, 0.15) is 33.1 Å². The third-order valence-electron chi connectivity index (χ3n) is 3.60. The van der Waals surface area contributed by atoms with Gasteiger partial charge >= 0.3 is 0 Å². The molecule has 1 fully saturated rings. The molecule has 0 spiro atoms. The van der Waals surface area contributed by atoms with E-state index in [4.69, 9.17) is 4.74 Å². The van der Waals surface area contributed by atoms with Crippen molar-refractivity contribution in [1.29, 1.82) is 0 Å².